The predicted octanol–water partition coefficient (Wildman–Crippen LogP) is 2.45. The smallest absolute Gasteiger partial charge is 0.410 e. The number of piperidine rings is 1. The molecule has 0 saturated carbocycles. The van der Waals surface area contributed by atoms with Crippen molar-refractivity contribution in [2.45, 2.75) is 77.5 Å². The molecule has 0 aromatic heterocycles. The Morgan fingerprint density at radius 3 is 2.22 bits per heavy atom. The van der Waals surface area contributed by atoms with Gasteiger partial charge in [0.2, 0.25) is 0 Å². The van der Waals surface area contributed by atoms with E-state index in [4.69, 9.17) is 15.2 Å². The second-order valence-electron chi connectivity index (χ2n) is 7.72. The molecule has 0 aromatic carbocycles. The first-order chi connectivity index (χ1) is 10.7. The van der Waals surface area contributed by atoms with Gasteiger partial charge in [0.1, 0.15) is 5.60 Å². The molecule has 1 amide bonds. The third-order valence-electron chi connectivity index (χ3n) is 4.81. The molecule has 2 unspecified atom stereocenters. The molecule has 2 rings (SSSR count). The number of nitrogens with two attached hydrogens (primary N) is 1. The van der Waals surface area contributed by atoms with Crippen LogP contribution in [0.5, 0.6) is 0 Å². The van der Waals surface area contributed by atoms with Crippen molar-refractivity contribution in [1.29, 1.82) is 0 Å². The van der Waals surface area contributed by atoms with Crippen molar-refractivity contribution in [3.8, 4) is 0 Å². The number of carbonyl (C=O) groups excluding carboxylic acids is 2. The van der Waals surface area contributed by atoms with Gasteiger partial charge < -0.3 is 20.1 Å². The van der Waals surface area contributed by atoms with Crippen molar-refractivity contribution in [2.24, 2.45) is 11.1 Å². The van der Waals surface area contributed by atoms with Gasteiger partial charge in [-0.25, -0.2) is 4.79 Å². The number of carbonyl (C=O) groups is 2. The molecule has 0 aromatic rings. The molecule has 2 saturated heterocycles. The van der Waals surface area contributed by atoms with Crippen molar-refractivity contribution < 1.29 is 19.1 Å². The van der Waals surface area contributed by atoms with Gasteiger partial charge in [-0.3, -0.25) is 4.79 Å². The predicted molar refractivity (Wildman–Crippen MR) is 86.9 cm³/mol. The van der Waals surface area contributed by atoms with Gasteiger partial charge in [-0.05, 0) is 66.3 Å². The summed E-state index contributed by atoms with van der Waals surface area (Å²) >= 11 is 0. The summed E-state index contributed by atoms with van der Waals surface area (Å²) in [6.07, 6.45) is 3.42. The second-order valence-corrected chi connectivity index (χ2v) is 7.72. The Labute approximate surface area is 138 Å². The lowest BCUT2D eigenvalue weighted by Gasteiger charge is -2.45. The van der Waals surface area contributed by atoms with Crippen LogP contribution in [0.25, 0.3) is 0 Å². The van der Waals surface area contributed by atoms with Crippen LogP contribution in [0.1, 0.15) is 59.8 Å². The van der Waals surface area contributed by atoms with E-state index in [1.165, 1.54) is 0 Å². The van der Waals surface area contributed by atoms with Crippen molar-refractivity contribution in [1.82, 2.24) is 4.90 Å². The lowest BCUT2D eigenvalue weighted by molar-refractivity contribution is -0.161. The van der Waals surface area contributed by atoms with E-state index in [0.29, 0.717) is 32.4 Å². The highest BCUT2D eigenvalue weighted by Crippen LogP contribution is 2.48. The number of hydrogen-bond acceptors (Lipinski definition) is 5. The van der Waals surface area contributed by atoms with Crippen LogP contribution < -0.4 is 5.73 Å². The van der Waals surface area contributed by atoms with Crippen LogP contribution in [0.3, 0.4) is 0 Å². The Balaban J connectivity index is 2.16. The lowest BCUT2D eigenvalue weighted by atomic mass is 9.72. The quantitative estimate of drug-likeness (QED) is 0.803. The molecule has 2 atom stereocenters. The SMILES string of the molecule is CCOC(=O)C1(CCN)CC2CCC(C1)N2C(=O)OC(C)(C)C. The first kappa shape index (κ1) is 18.0. The Hall–Kier alpha value is -1.30. The fraction of sp³-hybridized carbons (Fsp3) is 0.882. The van der Waals surface area contributed by atoms with E-state index < -0.39 is 11.0 Å². The van der Waals surface area contributed by atoms with Crippen LogP contribution in [0, 0.1) is 5.41 Å². The number of fused-ring (bicyclic) bond motifs is 2. The number of hydrogen-bond donors (Lipinski definition) is 1. The first-order valence-corrected chi connectivity index (χ1v) is 8.61. The molecule has 132 valence electrons. The number of rotatable bonds is 4. The third kappa shape index (κ3) is 3.79. The van der Waals surface area contributed by atoms with Crippen molar-refractivity contribution in [3.05, 3.63) is 0 Å². The average molecular weight is 326 g/mol. The zero-order valence-electron chi connectivity index (χ0n) is 14.8. The summed E-state index contributed by atoms with van der Waals surface area (Å²) < 4.78 is 10.8. The zero-order chi connectivity index (χ0) is 17.3. The summed E-state index contributed by atoms with van der Waals surface area (Å²) in [5.41, 5.74) is 4.70. The summed E-state index contributed by atoms with van der Waals surface area (Å²) in [6.45, 7) is 8.25. The molecular weight excluding hydrogens is 296 g/mol. The molecule has 0 aliphatic carbocycles. The van der Waals surface area contributed by atoms with Crippen LogP contribution in [0.4, 0.5) is 4.79 Å². The molecule has 0 spiro atoms. The van der Waals surface area contributed by atoms with Crippen molar-refractivity contribution in [3.63, 3.8) is 0 Å². The molecule has 2 N–H and O–H groups in total. The minimum absolute atomic E-state index is 0.0413. The largest absolute Gasteiger partial charge is 0.466 e. The van der Waals surface area contributed by atoms with E-state index in [-0.39, 0.29) is 24.1 Å². The fourth-order valence-corrected chi connectivity index (χ4v) is 3.99. The third-order valence-corrected chi connectivity index (χ3v) is 4.81. The molecular formula is C17H30N2O4. The van der Waals surface area contributed by atoms with Gasteiger partial charge in [0.25, 0.3) is 0 Å². The fourth-order valence-electron chi connectivity index (χ4n) is 3.99. The first-order valence-electron chi connectivity index (χ1n) is 8.61. The van der Waals surface area contributed by atoms with E-state index in [1.54, 1.807) is 0 Å². The van der Waals surface area contributed by atoms with Crippen LogP contribution in [-0.2, 0) is 14.3 Å². The average Bonchev–Trinajstić information content (AvgIpc) is 2.70. The van der Waals surface area contributed by atoms with E-state index in [1.807, 2.05) is 32.6 Å². The summed E-state index contributed by atoms with van der Waals surface area (Å²) in [6, 6.07) is 0.0825. The van der Waals surface area contributed by atoms with Crippen molar-refractivity contribution in [2.75, 3.05) is 13.2 Å². The van der Waals surface area contributed by atoms with Gasteiger partial charge >= 0.3 is 12.1 Å². The molecule has 2 fully saturated rings. The summed E-state index contributed by atoms with van der Waals surface area (Å²) in [7, 11) is 0. The highest BCUT2D eigenvalue weighted by Gasteiger charge is 2.54. The maximum Gasteiger partial charge on any atom is 0.410 e. The van der Waals surface area contributed by atoms with E-state index in [9.17, 15) is 9.59 Å². The van der Waals surface area contributed by atoms with E-state index >= 15 is 0 Å². The Morgan fingerprint density at radius 2 is 1.78 bits per heavy atom. The molecule has 23 heavy (non-hydrogen) atoms. The molecule has 2 bridgehead atoms. The molecule has 0 radical (unpaired) electrons. The molecule has 2 heterocycles. The van der Waals surface area contributed by atoms with Crippen LogP contribution in [-0.4, -0.2) is 47.8 Å². The maximum atomic E-state index is 12.5. The van der Waals surface area contributed by atoms with Gasteiger partial charge in [-0.1, -0.05) is 0 Å². The van der Waals surface area contributed by atoms with Gasteiger partial charge in [0.15, 0.2) is 0 Å². The minimum Gasteiger partial charge on any atom is -0.466 e. The standard InChI is InChI=1S/C17H30N2O4/c1-5-22-14(20)17(8-9-18)10-12-6-7-13(11-17)19(12)15(21)23-16(2,3)4/h12-13H,5-11,18H2,1-4H3. The number of ether oxygens (including phenoxy) is 2. The van der Waals surface area contributed by atoms with E-state index in [0.717, 1.165) is 12.8 Å². The number of nitrogens with zero attached hydrogens (tertiary/aromatic N) is 1. The minimum atomic E-state index is -0.547. The molecule has 6 nitrogen and oxygen atoms in total. The molecule has 2 aliphatic rings. The lowest BCUT2D eigenvalue weighted by Crippen LogP contribution is -2.54. The Bertz CT molecular complexity index is 444. The van der Waals surface area contributed by atoms with Crippen LogP contribution >= 0.6 is 0 Å². The second kappa shape index (κ2) is 6.67. The maximum absolute atomic E-state index is 12.5. The zero-order valence-corrected chi connectivity index (χ0v) is 14.8. The van der Waals surface area contributed by atoms with Gasteiger partial charge in [0, 0.05) is 12.1 Å². The summed E-state index contributed by atoms with van der Waals surface area (Å²) in [5.74, 6) is -0.161. The van der Waals surface area contributed by atoms with Gasteiger partial charge in [-0.2, -0.15) is 0 Å². The van der Waals surface area contributed by atoms with E-state index in [2.05, 4.69) is 0 Å². The topological polar surface area (TPSA) is 81.9 Å². The summed E-state index contributed by atoms with van der Waals surface area (Å²) in [4.78, 5) is 26.9. The normalized spacial score (nSPS) is 30.2. The number of esters is 1. The van der Waals surface area contributed by atoms with Crippen molar-refractivity contribution >= 4 is 12.1 Å². The highest BCUT2D eigenvalue weighted by atomic mass is 16.6. The summed E-state index contributed by atoms with van der Waals surface area (Å²) in [5, 5.41) is 0. The van der Waals surface area contributed by atoms with Crippen LogP contribution in [0.2, 0.25) is 0 Å². The van der Waals surface area contributed by atoms with Gasteiger partial charge in [-0.15, -0.1) is 0 Å². The van der Waals surface area contributed by atoms with Gasteiger partial charge in [0.05, 0.1) is 12.0 Å². The highest BCUT2D eigenvalue weighted by molar-refractivity contribution is 5.78. The van der Waals surface area contributed by atoms with Crippen LogP contribution in [0.15, 0.2) is 0 Å². The molecule has 2 aliphatic heterocycles. The molecule has 6 heteroatoms. The Morgan fingerprint density at radius 1 is 1.22 bits per heavy atom. The monoisotopic (exact) mass is 326 g/mol. The Kier molecular flexibility index (Phi) is 5.23. The number of amides is 1.